The van der Waals surface area contributed by atoms with Crippen LogP contribution in [0.3, 0.4) is 0 Å². The molecule has 2 fully saturated rings. The number of rotatable bonds is 7. The van der Waals surface area contributed by atoms with Crippen LogP contribution in [0.25, 0.3) is 0 Å². The van der Waals surface area contributed by atoms with E-state index in [1.165, 1.54) is 24.9 Å². The largest absolute Gasteiger partial charge is 0.355 e. The second-order valence-corrected chi connectivity index (χ2v) is 7.98. The maximum Gasteiger partial charge on any atom is 0.219 e. The van der Waals surface area contributed by atoms with Crippen molar-refractivity contribution in [2.75, 3.05) is 59.4 Å². The highest BCUT2D eigenvalue weighted by atomic mass is 16.2. The lowest BCUT2D eigenvalue weighted by Gasteiger charge is -2.34. The van der Waals surface area contributed by atoms with Gasteiger partial charge in [0.1, 0.15) is 0 Å². The van der Waals surface area contributed by atoms with Crippen molar-refractivity contribution in [1.29, 1.82) is 0 Å². The molecule has 29 heavy (non-hydrogen) atoms. The maximum atomic E-state index is 11.4. The summed E-state index contributed by atoms with van der Waals surface area (Å²) >= 11 is 0. The number of amides is 1. The number of carbonyl (C=O) groups is 1. The molecule has 0 aromatic heterocycles. The molecule has 7 heteroatoms. The summed E-state index contributed by atoms with van der Waals surface area (Å²) in [6, 6.07) is 11.3. The fraction of sp³-hybridized carbons (Fsp3) is 0.636. The first-order valence-electron chi connectivity index (χ1n) is 10.9. The third kappa shape index (κ3) is 6.72. The van der Waals surface area contributed by atoms with E-state index >= 15 is 0 Å². The highest BCUT2D eigenvalue weighted by Gasteiger charge is 2.24. The van der Waals surface area contributed by atoms with E-state index in [0.29, 0.717) is 6.04 Å². The van der Waals surface area contributed by atoms with E-state index in [9.17, 15) is 4.79 Å². The van der Waals surface area contributed by atoms with Crippen molar-refractivity contribution in [2.45, 2.75) is 32.4 Å². The van der Waals surface area contributed by atoms with Crippen LogP contribution in [-0.4, -0.2) is 92.0 Å². The average molecular weight is 401 g/mol. The van der Waals surface area contributed by atoms with E-state index in [4.69, 9.17) is 0 Å². The van der Waals surface area contributed by atoms with E-state index in [-0.39, 0.29) is 5.91 Å². The van der Waals surface area contributed by atoms with E-state index in [0.717, 1.165) is 58.3 Å². The summed E-state index contributed by atoms with van der Waals surface area (Å²) in [6.45, 7) is 10.2. The van der Waals surface area contributed by atoms with Gasteiger partial charge in [-0.25, -0.2) is 0 Å². The minimum Gasteiger partial charge on any atom is -0.355 e. The van der Waals surface area contributed by atoms with Crippen LogP contribution in [0.1, 0.15) is 25.3 Å². The first kappa shape index (κ1) is 21.6. The van der Waals surface area contributed by atoms with E-state index in [2.05, 4.69) is 55.8 Å². The summed E-state index contributed by atoms with van der Waals surface area (Å²) in [5.74, 6) is 1.06. The summed E-state index contributed by atoms with van der Waals surface area (Å²) in [7, 11) is 1.83. The molecule has 1 unspecified atom stereocenters. The fourth-order valence-electron chi connectivity index (χ4n) is 4.21. The van der Waals surface area contributed by atoms with Gasteiger partial charge in [-0.1, -0.05) is 30.3 Å². The second-order valence-electron chi connectivity index (χ2n) is 7.98. The third-order valence-corrected chi connectivity index (χ3v) is 5.99. The minimum atomic E-state index is 0.181. The Kier molecular flexibility index (Phi) is 8.31. The molecule has 0 aliphatic carbocycles. The van der Waals surface area contributed by atoms with Gasteiger partial charge in [0.25, 0.3) is 0 Å². The molecule has 2 saturated heterocycles. The Labute approximate surface area is 175 Å². The van der Waals surface area contributed by atoms with Gasteiger partial charge in [-0.3, -0.25) is 19.6 Å². The van der Waals surface area contributed by atoms with E-state index < -0.39 is 0 Å². The number of likely N-dealkylation sites (tertiary alicyclic amines) is 1. The number of hydrogen-bond donors (Lipinski definition) is 2. The Morgan fingerprint density at radius 2 is 1.86 bits per heavy atom. The Hall–Kier alpha value is -2.12. The first-order chi connectivity index (χ1) is 14.2. The molecule has 3 rings (SSSR count). The predicted molar refractivity (Wildman–Crippen MR) is 118 cm³/mol. The van der Waals surface area contributed by atoms with E-state index in [1.807, 2.05) is 11.9 Å². The number of carbonyl (C=O) groups excluding carboxylic acids is 1. The van der Waals surface area contributed by atoms with Gasteiger partial charge in [0, 0.05) is 72.4 Å². The summed E-state index contributed by atoms with van der Waals surface area (Å²) in [5, 5.41) is 6.95. The van der Waals surface area contributed by atoms with Crippen molar-refractivity contribution in [3.8, 4) is 0 Å². The molecule has 160 valence electrons. The summed E-state index contributed by atoms with van der Waals surface area (Å²) in [5.41, 5.74) is 1.38. The van der Waals surface area contributed by atoms with Crippen LogP contribution < -0.4 is 10.6 Å². The Balaban J connectivity index is 1.35. The van der Waals surface area contributed by atoms with Crippen molar-refractivity contribution in [3.63, 3.8) is 0 Å². The maximum absolute atomic E-state index is 11.4. The normalized spacial score (nSPS) is 21.4. The molecule has 1 atom stereocenters. The number of hydrogen-bond acceptors (Lipinski definition) is 4. The molecule has 7 nitrogen and oxygen atoms in total. The zero-order chi connectivity index (χ0) is 20.5. The molecule has 1 amide bonds. The quantitative estimate of drug-likeness (QED) is 0.528. The second kappa shape index (κ2) is 11.2. The smallest absolute Gasteiger partial charge is 0.219 e. The van der Waals surface area contributed by atoms with Crippen LogP contribution in [-0.2, 0) is 11.3 Å². The molecule has 2 aliphatic rings. The Bertz CT molecular complexity index is 657. The van der Waals surface area contributed by atoms with Crippen LogP contribution in [0.5, 0.6) is 0 Å². The molecule has 0 radical (unpaired) electrons. The summed E-state index contributed by atoms with van der Waals surface area (Å²) in [4.78, 5) is 22.7. The van der Waals surface area contributed by atoms with Gasteiger partial charge in [0.2, 0.25) is 5.91 Å². The lowest BCUT2D eigenvalue weighted by molar-refractivity contribution is -0.130. The molecule has 2 heterocycles. The number of piperazine rings is 1. The van der Waals surface area contributed by atoms with Crippen LogP contribution in [0.2, 0.25) is 0 Å². The van der Waals surface area contributed by atoms with Crippen molar-refractivity contribution < 1.29 is 4.79 Å². The SMILES string of the molecule is CN=C(NCCN1CCN(C(C)=O)CC1)NCC1CCCN1Cc1ccccc1. The van der Waals surface area contributed by atoms with E-state index in [1.54, 1.807) is 6.92 Å². The minimum absolute atomic E-state index is 0.181. The molecule has 1 aromatic carbocycles. The predicted octanol–water partition coefficient (Wildman–Crippen LogP) is 0.980. The standard InChI is InChI=1S/C22H36N6O/c1-19(29)27-15-13-26(14-16-27)12-10-24-22(23-2)25-17-21-9-6-11-28(21)18-20-7-4-3-5-8-20/h3-5,7-8,21H,6,9-18H2,1-2H3,(H2,23,24,25). The Morgan fingerprint density at radius 1 is 1.10 bits per heavy atom. The Morgan fingerprint density at radius 3 is 2.55 bits per heavy atom. The number of benzene rings is 1. The molecule has 2 N–H and O–H groups in total. The highest BCUT2D eigenvalue weighted by Crippen LogP contribution is 2.19. The van der Waals surface area contributed by atoms with Crippen LogP contribution >= 0.6 is 0 Å². The first-order valence-corrected chi connectivity index (χ1v) is 10.9. The number of aliphatic imine (C=N–C) groups is 1. The lowest BCUT2D eigenvalue weighted by atomic mass is 10.2. The molecule has 0 spiro atoms. The van der Waals surface area contributed by atoms with Crippen molar-refractivity contribution in [2.24, 2.45) is 4.99 Å². The highest BCUT2D eigenvalue weighted by molar-refractivity contribution is 5.79. The molecule has 0 saturated carbocycles. The van der Waals surface area contributed by atoms with Gasteiger partial charge in [0.15, 0.2) is 5.96 Å². The molecular formula is C22H36N6O. The van der Waals surface area contributed by atoms with Gasteiger partial charge in [-0.05, 0) is 24.9 Å². The molecular weight excluding hydrogens is 364 g/mol. The topological polar surface area (TPSA) is 63.2 Å². The van der Waals surface area contributed by atoms with Gasteiger partial charge < -0.3 is 15.5 Å². The monoisotopic (exact) mass is 400 g/mol. The van der Waals surface area contributed by atoms with Crippen molar-refractivity contribution in [1.82, 2.24) is 25.3 Å². The number of guanidine groups is 1. The van der Waals surface area contributed by atoms with Crippen molar-refractivity contribution in [3.05, 3.63) is 35.9 Å². The van der Waals surface area contributed by atoms with Gasteiger partial charge in [-0.2, -0.15) is 0 Å². The molecule has 1 aromatic rings. The molecule has 0 bridgehead atoms. The average Bonchev–Trinajstić information content (AvgIpc) is 3.18. The van der Waals surface area contributed by atoms with Crippen molar-refractivity contribution >= 4 is 11.9 Å². The fourth-order valence-corrected chi connectivity index (χ4v) is 4.21. The van der Waals surface area contributed by atoms with Crippen LogP contribution in [0.4, 0.5) is 0 Å². The lowest BCUT2D eigenvalue weighted by Crippen LogP contribution is -2.51. The summed E-state index contributed by atoms with van der Waals surface area (Å²) in [6.07, 6.45) is 2.49. The van der Waals surface area contributed by atoms with Crippen LogP contribution in [0, 0.1) is 0 Å². The summed E-state index contributed by atoms with van der Waals surface area (Å²) < 4.78 is 0. The zero-order valence-electron chi connectivity index (χ0n) is 17.9. The zero-order valence-corrected chi connectivity index (χ0v) is 17.9. The number of nitrogens with zero attached hydrogens (tertiary/aromatic N) is 4. The number of nitrogens with one attached hydrogen (secondary N) is 2. The molecule has 2 aliphatic heterocycles. The van der Waals surface area contributed by atoms with Gasteiger partial charge in [-0.15, -0.1) is 0 Å². The van der Waals surface area contributed by atoms with Gasteiger partial charge >= 0.3 is 0 Å². The van der Waals surface area contributed by atoms with Gasteiger partial charge in [0.05, 0.1) is 0 Å². The third-order valence-electron chi connectivity index (χ3n) is 5.99. The van der Waals surface area contributed by atoms with Crippen LogP contribution in [0.15, 0.2) is 35.3 Å².